The van der Waals surface area contributed by atoms with Crippen LogP contribution in [0.1, 0.15) is 43.5 Å². The molecule has 1 saturated carbocycles. The minimum atomic E-state index is 0.171. The van der Waals surface area contributed by atoms with E-state index in [2.05, 4.69) is 30.1 Å². The van der Waals surface area contributed by atoms with Crippen LogP contribution in [0.2, 0.25) is 0 Å². The van der Waals surface area contributed by atoms with Crippen molar-refractivity contribution in [2.75, 3.05) is 6.54 Å². The Morgan fingerprint density at radius 1 is 1.27 bits per heavy atom. The van der Waals surface area contributed by atoms with Gasteiger partial charge in [0.05, 0.1) is 0 Å². The second kappa shape index (κ2) is 4.31. The predicted molar refractivity (Wildman–Crippen MR) is 62.8 cm³/mol. The predicted octanol–water partition coefficient (Wildman–Crippen LogP) is 2.55. The smallest absolute Gasteiger partial charge is 0.0481 e. The maximum absolute atomic E-state index is 5.98. The van der Waals surface area contributed by atoms with E-state index in [4.69, 9.17) is 5.73 Å². The van der Waals surface area contributed by atoms with Crippen LogP contribution in [0.15, 0.2) is 18.2 Å². The molecule has 0 spiro atoms. The molecule has 1 aliphatic carbocycles. The lowest BCUT2D eigenvalue weighted by molar-refractivity contribution is 0.293. The minimum absolute atomic E-state index is 0.171. The van der Waals surface area contributed by atoms with Crippen molar-refractivity contribution in [2.24, 2.45) is 5.73 Å². The van der Waals surface area contributed by atoms with Crippen molar-refractivity contribution >= 4 is 0 Å². The fourth-order valence-corrected chi connectivity index (χ4v) is 2.63. The Bertz CT molecular complexity index is 327. The van der Waals surface area contributed by atoms with E-state index in [-0.39, 0.29) is 5.41 Å². The van der Waals surface area contributed by atoms with Gasteiger partial charge in [0.15, 0.2) is 0 Å². The number of hydrogen-bond acceptors (Lipinski definition) is 2. The first kappa shape index (κ1) is 10.6. The Labute approximate surface area is 91.9 Å². The highest BCUT2D eigenvalue weighted by molar-refractivity contribution is 5.21. The lowest BCUT2D eigenvalue weighted by Gasteiger charge is -2.35. The van der Waals surface area contributed by atoms with Gasteiger partial charge < -0.3 is 5.73 Å². The first-order valence-electron chi connectivity index (χ1n) is 5.91. The van der Waals surface area contributed by atoms with Crippen molar-refractivity contribution in [3.63, 3.8) is 0 Å². The highest BCUT2D eigenvalue weighted by Crippen LogP contribution is 2.37. The van der Waals surface area contributed by atoms with Crippen LogP contribution in [0.5, 0.6) is 0 Å². The summed E-state index contributed by atoms with van der Waals surface area (Å²) in [5.41, 5.74) is 8.47. The monoisotopic (exact) mass is 204 g/mol. The summed E-state index contributed by atoms with van der Waals surface area (Å²) in [5, 5.41) is 0. The lowest BCUT2D eigenvalue weighted by Crippen LogP contribution is -2.38. The van der Waals surface area contributed by atoms with Gasteiger partial charge in [0, 0.05) is 23.3 Å². The molecule has 0 aromatic carbocycles. The molecule has 0 atom stereocenters. The first-order valence-corrected chi connectivity index (χ1v) is 5.91. The van der Waals surface area contributed by atoms with Gasteiger partial charge in [0.1, 0.15) is 0 Å². The second-order valence-corrected chi connectivity index (χ2v) is 4.71. The summed E-state index contributed by atoms with van der Waals surface area (Å²) in [5.74, 6) is 0. The summed E-state index contributed by atoms with van der Waals surface area (Å²) in [6.45, 7) is 2.79. The summed E-state index contributed by atoms with van der Waals surface area (Å²) in [7, 11) is 0. The molecular weight excluding hydrogens is 184 g/mol. The maximum atomic E-state index is 5.98. The van der Waals surface area contributed by atoms with Crippen LogP contribution in [0.4, 0.5) is 0 Å². The molecule has 1 fully saturated rings. The Hall–Kier alpha value is -0.890. The van der Waals surface area contributed by atoms with Gasteiger partial charge >= 0.3 is 0 Å². The van der Waals surface area contributed by atoms with Crippen molar-refractivity contribution in [2.45, 2.75) is 44.4 Å². The molecule has 0 bridgehead atoms. The van der Waals surface area contributed by atoms with Crippen LogP contribution < -0.4 is 5.73 Å². The molecule has 15 heavy (non-hydrogen) atoms. The highest BCUT2D eigenvalue weighted by Gasteiger charge is 2.33. The van der Waals surface area contributed by atoms with Gasteiger partial charge in [-0.1, -0.05) is 25.3 Å². The van der Waals surface area contributed by atoms with Crippen molar-refractivity contribution in [3.05, 3.63) is 29.6 Å². The van der Waals surface area contributed by atoms with E-state index < -0.39 is 0 Å². The summed E-state index contributed by atoms with van der Waals surface area (Å²) < 4.78 is 0. The molecule has 1 aromatic rings. The van der Waals surface area contributed by atoms with Crippen LogP contribution in [0.25, 0.3) is 0 Å². The molecule has 2 N–H and O–H groups in total. The Balaban J connectivity index is 2.32. The number of rotatable bonds is 2. The van der Waals surface area contributed by atoms with Crippen LogP contribution in [-0.2, 0) is 5.41 Å². The van der Waals surface area contributed by atoms with Gasteiger partial charge in [-0.05, 0) is 31.9 Å². The third-order valence-corrected chi connectivity index (χ3v) is 3.63. The number of nitrogens with two attached hydrogens (primary N) is 1. The zero-order valence-corrected chi connectivity index (χ0v) is 9.50. The average molecular weight is 204 g/mol. The minimum Gasteiger partial charge on any atom is -0.330 e. The van der Waals surface area contributed by atoms with E-state index in [0.717, 1.165) is 12.2 Å². The maximum Gasteiger partial charge on any atom is 0.0481 e. The van der Waals surface area contributed by atoms with Gasteiger partial charge in [-0.25, -0.2) is 0 Å². The average Bonchev–Trinajstić information content (AvgIpc) is 2.30. The standard InChI is InChI=1S/C13H20N2/c1-11-6-5-7-12(15-11)13(10-14)8-3-2-4-9-13/h5-7H,2-4,8-10,14H2,1H3. The molecule has 2 rings (SSSR count). The Morgan fingerprint density at radius 2 is 2.00 bits per heavy atom. The van der Waals surface area contributed by atoms with E-state index in [1.165, 1.54) is 37.8 Å². The summed E-state index contributed by atoms with van der Waals surface area (Å²) in [4.78, 5) is 4.66. The quantitative estimate of drug-likeness (QED) is 0.804. The van der Waals surface area contributed by atoms with Crippen molar-refractivity contribution in [1.29, 1.82) is 0 Å². The van der Waals surface area contributed by atoms with Crippen LogP contribution in [-0.4, -0.2) is 11.5 Å². The molecular formula is C13H20N2. The third kappa shape index (κ3) is 2.05. The van der Waals surface area contributed by atoms with Crippen molar-refractivity contribution in [3.8, 4) is 0 Å². The van der Waals surface area contributed by atoms with Crippen LogP contribution >= 0.6 is 0 Å². The molecule has 2 heteroatoms. The van der Waals surface area contributed by atoms with Gasteiger partial charge in [-0.15, -0.1) is 0 Å². The SMILES string of the molecule is Cc1cccc(C2(CN)CCCCC2)n1. The fraction of sp³-hybridized carbons (Fsp3) is 0.615. The van der Waals surface area contributed by atoms with E-state index in [1.807, 2.05) is 0 Å². The van der Waals surface area contributed by atoms with Gasteiger partial charge in [0.2, 0.25) is 0 Å². The highest BCUT2D eigenvalue weighted by atomic mass is 14.8. The fourth-order valence-electron chi connectivity index (χ4n) is 2.63. The molecule has 0 saturated heterocycles. The van der Waals surface area contributed by atoms with Gasteiger partial charge in [-0.2, -0.15) is 0 Å². The number of aromatic nitrogens is 1. The normalized spacial score (nSPS) is 20.1. The molecule has 0 unspecified atom stereocenters. The summed E-state index contributed by atoms with van der Waals surface area (Å²) >= 11 is 0. The summed E-state index contributed by atoms with van der Waals surface area (Å²) in [6, 6.07) is 6.30. The summed E-state index contributed by atoms with van der Waals surface area (Å²) in [6.07, 6.45) is 6.37. The Morgan fingerprint density at radius 3 is 2.60 bits per heavy atom. The van der Waals surface area contributed by atoms with Gasteiger partial charge in [0.25, 0.3) is 0 Å². The zero-order chi connectivity index (χ0) is 10.7. The van der Waals surface area contributed by atoms with Gasteiger partial charge in [-0.3, -0.25) is 4.98 Å². The van der Waals surface area contributed by atoms with E-state index in [1.54, 1.807) is 0 Å². The van der Waals surface area contributed by atoms with Crippen molar-refractivity contribution in [1.82, 2.24) is 4.98 Å². The molecule has 0 aliphatic heterocycles. The van der Waals surface area contributed by atoms with Crippen LogP contribution in [0, 0.1) is 6.92 Å². The molecule has 2 nitrogen and oxygen atoms in total. The zero-order valence-electron chi connectivity index (χ0n) is 9.50. The van der Waals surface area contributed by atoms with E-state index >= 15 is 0 Å². The molecule has 0 amide bonds. The first-order chi connectivity index (χ1) is 7.27. The number of nitrogens with zero attached hydrogens (tertiary/aromatic N) is 1. The molecule has 1 aromatic heterocycles. The largest absolute Gasteiger partial charge is 0.330 e. The molecule has 0 radical (unpaired) electrons. The van der Waals surface area contributed by atoms with Crippen molar-refractivity contribution < 1.29 is 0 Å². The van der Waals surface area contributed by atoms with E-state index in [9.17, 15) is 0 Å². The molecule has 1 aliphatic rings. The van der Waals surface area contributed by atoms with E-state index in [0.29, 0.717) is 0 Å². The molecule has 82 valence electrons. The van der Waals surface area contributed by atoms with Crippen LogP contribution in [0.3, 0.4) is 0 Å². The topological polar surface area (TPSA) is 38.9 Å². The molecule has 1 heterocycles. The second-order valence-electron chi connectivity index (χ2n) is 4.71. The lowest BCUT2D eigenvalue weighted by atomic mass is 9.71. The number of pyridine rings is 1. The number of hydrogen-bond donors (Lipinski definition) is 1. The Kier molecular flexibility index (Phi) is 3.06. The third-order valence-electron chi connectivity index (χ3n) is 3.63. The number of aryl methyl sites for hydroxylation is 1.